The first-order valence-corrected chi connectivity index (χ1v) is 4.80. The van der Waals surface area contributed by atoms with Crippen LogP contribution in [0, 0.1) is 6.92 Å². The summed E-state index contributed by atoms with van der Waals surface area (Å²) in [5, 5.41) is 2.04. The van der Waals surface area contributed by atoms with Crippen molar-refractivity contribution in [3.8, 4) is 0 Å². The fourth-order valence-corrected chi connectivity index (χ4v) is 1.79. The molecule has 0 unspecified atom stereocenters. The zero-order chi connectivity index (χ0) is 10.4. The van der Waals surface area contributed by atoms with Crippen LogP contribution in [0.1, 0.15) is 5.69 Å². The Labute approximate surface area is 86.5 Å². The lowest BCUT2D eigenvalue weighted by Gasteiger charge is -1.91. The van der Waals surface area contributed by atoms with Gasteiger partial charge in [-0.15, -0.1) is 0 Å². The monoisotopic (exact) mass is 198 g/mol. The SMILES string of the molecule is Cc1ccc2c(n1)oc1c(N)cccc12. The number of hydrogen-bond acceptors (Lipinski definition) is 3. The van der Waals surface area contributed by atoms with Gasteiger partial charge in [-0.05, 0) is 25.1 Å². The summed E-state index contributed by atoms with van der Waals surface area (Å²) in [4.78, 5) is 4.33. The van der Waals surface area contributed by atoms with E-state index in [1.807, 2.05) is 37.3 Å². The summed E-state index contributed by atoms with van der Waals surface area (Å²) in [5.41, 5.74) is 8.82. The van der Waals surface area contributed by atoms with Crippen molar-refractivity contribution >= 4 is 27.8 Å². The Balaban J connectivity index is 2.57. The Morgan fingerprint density at radius 1 is 1.13 bits per heavy atom. The van der Waals surface area contributed by atoms with E-state index in [0.717, 1.165) is 22.0 Å². The maximum atomic E-state index is 5.84. The predicted molar refractivity (Wildman–Crippen MR) is 60.7 cm³/mol. The van der Waals surface area contributed by atoms with Gasteiger partial charge in [-0.25, -0.2) is 4.98 Å². The molecule has 15 heavy (non-hydrogen) atoms. The second-order valence-corrected chi connectivity index (χ2v) is 3.63. The molecule has 0 aliphatic heterocycles. The van der Waals surface area contributed by atoms with E-state index in [4.69, 9.17) is 10.2 Å². The lowest BCUT2D eigenvalue weighted by molar-refractivity contribution is 0.654. The minimum Gasteiger partial charge on any atom is -0.436 e. The minimum absolute atomic E-state index is 0.655. The van der Waals surface area contributed by atoms with Gasteiger partial charge in [0.25, 0.3) is 0 Å². The maximum Gasteiger partial charge on any atom is 0.227 e. The smallest absolute Gasteiger partial charge is 0.227 e. The van der Waals surface area contributed by atoms with Crippen molar-refractivity contribution in [2.45, 2.75) is 6.92 Å². The van der Waals surface area contributed by atoms with Crippen LogP contribution in [-0.4, -0.2) is 4.98 Å². The van der Waals surface area contributed by atoms with Gasteiger partial charge >= 0.3 is 0 Å². The van der Waals surface area contributed by atoms with Crippen molar-refractivity contribution in [3.05, 3.63) is 36.0 Å². The van der Waals surface area contributed by atoms with Crippen LogP contribution >= 0.6 is 0 Å². The van der Waals surface area contributed by atoms with Gasteiger partial charge in [0.1, 0.15) is 0 Å². The van der Waals surface area contributed by atoms with E-state index in [1.165, 1.54) is 0 Å². The van der Waals surface area contributed by atoms with Crippen LogP contribution < -0.4 is 5.73 Å². The van der Waals surface area contributed by atoms with Crippen LogP contribution in [0.5, 0.6) is 0 Å². The van der Waals surface area contributed by atoms with Crippen LogP contribution in [0.15, 0.2) is 34.7 Å². The molecule has 3 rings (SSSR count). The summed E-state index contributed by atoms with van der Waals surface area (Å²) in [5.74, 6) is 0. The Morgan fingerprint density at radius 2 is 2.00 bits per heavy atom. The highest BCUT2D eigenvalue weighted by Crippen LogP contribution is 2.30. The Bertz CT molecular complexity index is 655. The number of pyridine rings is 1. The lowest BCUT2D eigenvalue weighted by Crippen LogP contribution is -1.82. The number of furan rings is 1. The largest absolute Gasteiger partial charge is 0.436 e. The number of nitrogens with two attached hydrogens (primary N) is 1. The van der Waals surface area contributed by atoms with E-state index in [0.29, 0.717) is 11.4 Å². The zero-order valence-corrected chi connectivity index (χ0v) is 8.32. The van der Waals surface area contributed by atoms with E-state index in [-0.39, 0.29) is 0 Å². The third-order valence-electron chi connectivity index (χ3n) is 2.53. The molecule has 2 heterocycles. The number of para-hydroxylation sites is 1. The summed E-state index contributed by atoms with van der Waals surface area (Å²) in [6, 6.07) is 9.74. The molecule has 2 aromatic heterocycles. The van der Waals surface area contributed by atoms with Crippen molar-refractivity contribution < 1.29 is 4.42 Å². The third kappa shape index (κ3) is 1.09. The van der Waals surface area contributed by atoms with E-state index >= 15 is 0 Å². The molecule has 1 aromatic carbocycles. The summed E-state index contributed by atoms with van der Waals surface area (Å²) in [6.07, 6.45) is 0. The van der Waals surface area contributed by atoms with Crippen LogP contribution in [0.3, 0.4) is 0 Å². The molecule has 0 bridgehead atoms. The molecule has 0 aliphatic carbocycles. The van der Waals surface area contributed by atoms with Gasteiger partial charge in [0.05, 0.1) is 5.69 Å². The van der Waals surface area contributed by atoms with E-state index in [9.17, 15) is 0 Å². The molecule has 0 saturated heterocycles. The highest BCUT2D eigenvalue weighted by atomic mass is 16.3. The van der Waals surface area contributed by atoms with Gasteiger partial charge in [-0.1, -0.05) is 12.1 Å². The van der Waals surface area contributed by atoms with Crippen molar-refractivity contribution in [2.24, 2.45) is 0 Å². The fourth-order valence-electron chi connectivity index (χ4n) is 1.79. The molecule has 0 radical (unpaired) electrons. The van der Waals surface area contributed by atoms with Gasteiger partial charge in [0, 0.05) is 16.5 Å². The average molecular weight is 198 g/mol. The third-order valence-corrected chi connectivity index (χ3v) is 2.53. The molecule has 3 heteroatoms. The molecule has 74 valence electrons. The Kier molecular flexibility index (Phi) is 1.51. The zero-order valence-electron chi connectivity index (χ0n) is 8.32. The standard InChI is InChI=1S/C12H10N2O/c1-7-5-6-9-8-3-2-4-10(13)11(8)15-12(9)14-7/h2-6H,13H2,1H3. The lowest BCUT2D eigenvalue weighted by atomic mass is 10.2. The molecule has 0 aliphatic rings. The summed E-state index contributed by atoms with van der Waals surface area (Å²) in [7, 11) is 0. The summed E-state index contributed by atoms with van der Waals surface area (Å²) < 4.78 is 5.63. The number of fused-ring (bicyclic) bond motifs is 3. The van der Waals surface area contributed by atoms with Crippen molar-refractivity contribution in [1.82, 2.24) is 4.98 Å². The number of aromatic nitrogens is 1. The molecule has 0 amide bonds. The minimum atomic E-state index is 0.655. The number of aryl methyl sites for hydroxylation is 1. The van der Waals surface area contributed by atoms with Crippen molar-refractivity contribution in [3.63, 3.8) is 0 Å². The van der Waals surface area contributed by atoms with Gasteiger partial charge < -0.3 is 10.2 Å². The molecule has 3 nitrogen and oxygen atoms in total. The first kappa shape index (κ1) is 8.29. The van der Waals surface area contributed by atoms with Gasteiger partial charge in [-0.2, -0.15) is 0 Å². The number of anilines is 1. The predicted octanol–water partition coefficient (Wildman–Crippen LogP) is 2.87. The summed E-state index contributed by atoms with van der Waals surface area (Å²) in [6.45, 7) is 1.94. The molecular weight excluding hydrogens is 188 g/mol. The van der Waals surface area contributed by atoms with E-state index in [2.05, 4.69) is 4.98 Å². The molecule has 2 N–H and O–H groups in total. The molecule has 0 spiro atoms. The van der Waals surface area contributed by atoms with Crippen molar-refractivity contribution in [1.29, 1.82) is 0 Å². The molecular formula is C12H10N2O. The first-order chi connectivity index (χ1) is 7.25. The Hall–Kier alpha value is -2.03. The van der Waals surface area contributed by atoms with E-state index in [1.54, 1.807) is 0 Å². The van der Waals surface area contributed by atoms with Gasteiger partial charge in [-0.3, -0.25) is 0 Å². The molecule has 0 saturated carbocycles. The normalized spacial score (nSPS) is 11.3. The van der Waals surface area contributed by atoms with E-state index < -0.39 is 0 Å². The highest BCUT2D eigenvalue weighted by Gasteiger charge is 2.09. The molecule has 3 aromatic rings. The second-order valence-electron chi connectivity index (χ2n) is 3.63. The Morgan fingerprint density at radius 3 is 2.87 bits per heavy atom. The maximum absolute atomic E-state index is 5.84. The van der Waals surface area contributed by atoms with Gasteiger partial charge in [0.2, 0.25) is 5.71 Å². The summed E-state index contributed by atoms with van der Waals surface area (Å²) >= 11 is 0. The first-order valence-electron chi connectivity index (χ1n) is 4.80. The number of rotatable bonds is 0. The molecule has 0 fully saturated rings. The average Bonchev–Trinajstić information content (AvgIpc) is 2.57. The number of hydrogen-bond donors (Lipinski definition) is 1. The quantitative estimate of drug-likeness (QED) is 0.565. The van der Waals surface area contributed by atoms with Crippen LogP contribution in [0.4, 0.5) is 5.69 Å². The number of benzene rings is 1. The molecule has 0 atom stereocenters. The fraction of sp³-hybridized carbons (Fsp3) is 0.0833. The highest BCUT2D eigenvalue weighted by molar-refractivity contribution is 6.07. The second kappa shape index (κ2) is 2.73. The van der Waals surface area contributed by atoms with Crippen LogP contribution in [0.2, 0.25) is 0 Å². The number of nitrogen functional groups attached to an aromatic ring is 1. The van der Waals surface area contributed by atoms with Crippen LogP contribution in [-0.2, 0) is 0 Å². The van der Waals surface area contributed by atoms with Crippen molar-refractivity contribution in [2.75, 3.05) is 5.73 Å². The topological polar surface area (TPSA) is 52.0 Å². The van der Waals surface area contributed by atoms with Crippen LogP contribution in [0.25, 0.3) is 22.1 Å². The number of nitrogens with zero attached hydrogens (tertiary/aromatic N) is 1. The van der Waals surface area contributed by atoms with Gasteiger partial charge in [0.15, 0.2) is 5.58 Å².